The first-order valence-corrected chi connectivity index (χ1v) is 18.4. The quantitative estimate of drug-likeness (QED) is 0.248. The van der Waals surface area contributed by atoms with Gasteiger partial charge in [0.25, 0.3) is 11.8 Å². The van der Waals surface area contributed by atoms with Crippen LogP contribution < -0.4 is 9.80 Å². The molecule has 6 fully saturated rings. The number of likely N-dealkylation sites (tertiary alicyclic amines) is 2. The number of halogens is 6. The van der Waals surface area contributed by atoms with Gasteiger partial charge in [0.1, 0.15) is 23.3 Å². The number of hydrogen-bond acceptors (Lipinski definition) is 8. The van der Waals surface area contributed by atoms with Gasteiger partial charge in [-0.3, -0.25) is 9.59 Å². The van der Waals surface area contributed by atoms with E-state index in [1.54, 1.807) is 41.5 Å². The summed E-state index contributed by atoms with van der Waals surface area (Å²) < 4.78 is 89.0. The van der Waals surface area contributed by atoms with Crippen molar-refractivity contribution in [1.29, 1.82) is 0 Å². The molecule has 0 N–H and O–H groups in total. The van der Waals surface area contributed by atoms with E-state index in [1.165, 1.54) is 31.7 Å². The number of alkyl halides is 6. The zero-order chi connectivity index (χ0) is 42.6. The maximum Gasteiger partial charge on any atom is 0.416 e. The lowest BCUT2D eigenvalue weighted by Gasteiger charge is -2.35. The Bertz CT molecular complexity index is 1940. The highest BCUT2D eigenvalue weighted by atomic mass is 19.4. The zero-order valence-corrected chi connectivity index (χ0v) is 32.1. The predicted molar refractivity (Wildman–Crippen MR) is 190 cm³/mol. The molecule has 0 aliphatic carbocycles. The molecule has 0 spiro atoms. The normalized spacial score (nSPS) is 26.4. The first-order valence-electron chi connectivity index (χ1n) is 18.4. The lowest BCUT2D eigenvalue weighted by Crippen LogP contribution is -2.55. The lowest BCUT2D eigenvalue weighted by molar-refractivity contribution is -0.138. The average molecular weight is 823 g/mol. The molecule has 2 unspecified atom stereocenters. The molecular weight excluding hydrogens is 782 g/mol. The summed E-state index contributed by atoms with van der Waals surface area (Å²) in [6, 6.07) is 3.23. The molecule has 0 saturated carbocycles. The molecule has 8 amide bonds. The number of amides is 8. The minimum Gasteiger partial charge on any atom is -0.444 e. The summed E-state index contributed by atoms with van der Waals surface area (Å²) in [5.74, 6) is -1.26. The van der Waals surface area contributed by atoms with Crippen molar-refractivity contribution < 1.29 is 64.6 Å². The van der Waals surface area contributed by atoms with Gasteiger partial charge in [0.15, 0.2) is 0 Å². The van der Waals surface area contributed by atoms with Crippen molar-refractivity contribution in [3.8, 4) is 0 Å². The number of fused-ring (bicyclic) bond motifs is 10. The van der Waals surface area contributed by atoms with Crippen LogP contribution in [0.2, 0.25) is 0 Å². The van der Waals surface area contributed by atoms with Crippen LogP contribution in [0.4, 0.5) is 56.9 Å². The van der Waals surface area contributed by atoms with Gasteiger partial charge in [-0.25, -0.2) is 29.0 Å². The van der Waals surface area contributed by atoms with Crippen LogP contribution in [-0.4, -0.2) is 116 Å². The molecule has 6 heterocycles. The van der Waals surface area contributed by atoms with E-state index in [4.69, 9.17) is 9.47 Å². The van der Waals surface area contributed by atoms with Gasteiger partial charge in [-0.15, -0.1) is 0 Å². The number of benzene rings is 2. The van der Waals surface area contributed by atoms with Crippen molar-refractivity contribution in [1.82, 2.24) is 19.6 Å². The first-order chi connectivity index (χ1) is 26.8. The highest BCUT2D eigenvalue weighted by Gasteiger charge is 2.65. The average Bonchev–Trinajstić information content (AvgIpc) is 3.94. The maximum absolute atomic E-state index is 13.0. The van der Waals surface area contributed by atoms with E-state index < -0.39 is 94.9 Å². The zero-order valence-electron chi connectivity index (χ0n) is 32.1. The summed E-state index contributed by atoms with van der Waals surface area (Å²) in [6.07, 6.45) is -9.44. The van der Waals surface area contributed by atoms with Gasteiger partial charge in [-0.2, -0.15) is 26.3 Å². The van der Waals surface area contributed by atoms with Crippen LogP contribution in [0, 0.1) is 0 Å². The molecule has 6 atom stereocenters. The molecule has 4 bridgehead atoms. The third kappa shape index (κ3) is 7.03. The van der Waals surface area contributed by atoms with Gasteiger partial charge in [-0.1, -0.05) is 12.1 Å². The monoisotopic (exact) mass is 822 g/mol. The van der Waals surface area contributed by atoms with E-state index in [9.17, 15) is 55.1 Å². The molecule has 6 aliphatic rings. The van der Waals surface area contributed by atoms with Gasteiger partial charge in [0, 0.05) is 13.1 Å². The van der Waals surface area contributed by atoms with Crippen molar-refractivity contribution >= 4 is 47.4 Å². The summed E-state index contributed by atoms with van der Waals surface area (Å²) >= 11 is 0. The van der Waals surface area contributed by atoms with Crippen LogP contribution in [0.25, 0.3) is 0 Å². The van der Waals surface area contributed by atoms with Gasteiger partial charge in [0.2, 0.25) is 0 Å². The number of hydrogen-bond donors (Lipinski definition) is 0. The SMILES string of the molecule is CC(C)(C)OC(=O)N1CC2C[C@@H]1[C@@H]1C(=O)N(c3cccc(C(F)(F)F)c3)C(=O)N21.CC(C)(C)OC(=O)N1C[C@H]2CC1[C@@H]1C(=O)N(c3cccc(C(F)(F)F)c3)C(=O)N21. The van der Waals surface area contributed by atoms with Gasteiger partial charge < -0.3 is 29.1 Å². The number of rotatable bonds is 2. The predicted octanol–water partition coefficient (Wildman–Crippen LogP) is 6.47. The summed E-state index contributed by atoms with van der Waals surface area (Å²) in [5.41, 5.74) is -3.57. The molecule has 6 saturated heterocycles. The fourth-order valence-corrected chi connectivity index (χ4v) is 8.49. The number of piperazine rings is 2. The second-order valence-corrected chi connectivity index (χ2v) is 16.9. The fourth-order valence-electron chi connectivity index (χ4n) is 8.49. The second-order valence-electron chi connectivity index (χ2n) is 16.9. The molecule has 0 radical (unpaired) electrons. The molecule has 2 aromatic rings. The van der Waals surface area contributed by atoms with E-state index in [2.05, 4.69) is 0 Å². The van der Waals surface area contributed by atoms with Crippen LogP contribution in [0.5, 0.6) is 0 Å². The Balaban J connectivity index is 0.000000177. The van der Waals surface area contributed by atoms with E-state index >= 15 is 0 Å². The van der Waals surface area contributed by atoms with E-state index in [1.807, 2.05) is 0 Å². The molecule has 312 valence electrons. The number of imide groups is 2. The Kier molecular flexibility index (Phi) is 9.46. The Morgan fingerprint density at radius 2 is 0.931 bits per heavy atom. The highest BCUT2D eigenvalue weighted by Crippen LogP contribution is 2.45. The fraction of sp³-hybridized carbons (Fsp3) is 0.526. The molecule has 0 aromatic heterocycles. The van der Waals surface area contributed by atoms with Crippen LogP contribution >= 0.6 is 0 Å². The van der Waals surface area contributed by atoms with Crippen LogP contribution in [0.15, 0.2) is 48.5 Å². The van der Waals surface area contributed by atoms with Crippen molar-refractivity contribution in [2.45, 2.75) is 114 Å². The third-order valence-electron chi connectivity index (χ3n) is 10.6. The van der Waals surface area contributed by atoms with Gasteiger partial charge in [-0.05, 0) is 90.8 Å². The largest absolute Gasteiger partial charge is 0.444 e. The number of carbonyl (C=O) groups is 6. The number of urea groups is 2. The van der Waals surface area contributed by atoms with Crippen molar-refractivity contribution in [2.24, 2.45) is 0 Å². The molecular formula is C38H40F6N6O8. The smallest absolute Gasteiger partial charge is 0.416 e. The van der Waals surface area contributed by atoms with E-state index in [0.29, 0.717) is 12.8 Å². The maximum atomic E-state index is 13.0. The minimum atomic E-state index is -4.59. The number of carbonyl (C=O) groups excluding carboxylic acids is 6. The Labute approximate surface area is 328 Å². The lowest BCUT2D eigenvalue weighted by atomic mass is 10.1. The van der Waals surface area contributed by atoms with Crippen molar-refractivity contribution in [3.05, 3.63) is 59.7 Å². The highest BCUT2D eigenvalue weighted by molar-refractivity contribution is 6.23. The van der Waals surface area contributed by atoms with Crippen LogP contribution in [0.3, 0.4) is 0 Å². The molecule has 14 nitrogen and oxygen atoms in total. The standard InChI is InChI=1S/2C19H20F3N3O4/c2*1-18(2,3)29-17(28)23-9-12-8-13(23)14-15(26)25(16(27)24(12)14)11-6-4-5-10(7-11)19(20,21)22/h2*4-7,12-14H,8-9H2,1-3H3/t12?,13-,14-;12-,13?,14-/m11/s1. The number of ether oxygens (including phenoxy) is 2. The van der Waals surface area contributed by atoms with Gasteiger partial charge in [0.05, 0.1) is 46.7 Å². The van der Waals surface area contributed by atoms with Crippen molar-refractivity contribution in [3.63, 3.8) is 0 Å². The number of nitrogens with zero attached hydrogens (tertiary/aromatic N) is 6. The number of anilines is 2. The summed E-state index contributed by atoms with van der Waals surface area (Å²) in [4.78, 5) is 83.9. The summed E-state index contributed by atoms with van der Waals surface area (Å²) in [6.45, 7) is 10.8. The van der Waals surface area contributed by atoms with E-state index in [-0.39, 0.29) is 36.5 Å². The molecule has 2 aromatic carbocycles. The van der Waals surface area contributed by atoms with E-state index in [0.717, 1.165) is 46.2 Å². The van der Waals surface area contributed by atoms with Crippen molar-refractivity contribution in [2.75, 3.05) is 22.9 Å². The Hall–Kier alpha value is -5.56. The van der Waals surface area contributed by atoms with Crippen LogP contribution in [-0.2, 0) is 31.4 Å². The third-order valence-corrected chi connectivity index (χ3v) is 10.6. The second kappa shape index (κ2) is 13.5. The Morgan fingerprint density at radius 3 is 1.24 bits per heavy atom. The molecule has 8 rings (SSSR count). The molecule has 6 aliphatic heterocycles. The van der Waals surface area contributed by atoms with Gasteiger partial charge >= 0.3 is 36.6 Å². The topological polar surface area (TPSA) is 140 Å². The minimum absolute atomic E-state index is 0.132. The molecule has 58 heavy (non-hydrogen) atoms. The molecule has 20 heteroatoms. The Morgan fingerprint density at radius 1 is 0.586 bits per heavy atom. The first kappa shape index (κ1) is 40.6. The van der Waals surface area contributed by atoms with Crippen LogP contribution in [0.1, 0.15) is 65.5 Å². The summed E-state index contributed by atoms with van der Waals surface area (Å²) in [5, 5.41) is 0. The summed E-state index contributed by atoms with van der Waals surface area (Å²) in [7, 11) is 0.